The van der Waals surface area contributed by atoms with E-state index in [1.165, 1.54) is 0 Å². The lowest BCUT2D eigenvalue weighted by Crippen LogP contribution is -2.50. The number of nitrogens with one attached hydrogen (secondary N) is 2. The summed E-state index contributed by atoms with van der Waals surface area (Å²) in [6.45, 7) is 1.09. The van der Waals surface area contributed by atoms with Crippen LogP contribution in [0.4, 0.5) is 0 Å². The molecule has 1 aliphatic heterocycles. The first kappa shape index (κ1) is 22.4. The second kappa shape index (κ2) is 13.5. The molecule has 0 saturated carbocycles. The van der Waals surface area contributed by atoms with Crippen LogP contribution in [0.25, 0.3) is 0 Å². The van der Waals surface area contributed by atoms with E-state index >= 15 is 0 Å². The van der Waals surface area contributed by atoms with E-state index in [0.717, 1.165) is 51.4 Å². The molecular formula is C18H34N4O4. The Labute approximate surface area is 155 Å². The minimum absolute atomic E-state index is 0.0630. The Hall–Kier alpha value is -1.67. The molecule has 0 bridgehead atoms. The van der Waals surface area contributed by atoms with Crippen LogP contribution >= 0.6 is 0 Å². The minimum Gasteiger partial charge on any atom is -0.354 e. The highest BCUT2D eigenvalue weighted by Crippen LogP contribution is 2.15. The average molecular weight is 370 g/mol. The quantitative estimate of drug-likeness (QED) is 0.230. The summed E-state index contributed by atoms with van der Waals surface area (Å²) in [4.78, 5) is 35.8. The molecule has 0 spiro atoms. The molecular weight excluding hydrogens is 336 g/mol. The van der Waals surface area contributed by atoms with Crippen LogP contribution in [0.5, 0.6) is 0 Å². The molecule has 8 nitrogen and oxygen atoms in total. The van der Waals surface area contributed by atoms with Gasteiger partial charge >= 0.3 is 0 Å². The maximum atomic E-state index is 12.7. The molecule has 3 amide bonds. The zero-order chi connectivity index (χ0) is 19.2. The lowest BCUT2D eigenvalue weighted by molar-refractivity contribution is -0.155. The molecule has 1 saturated heterocycles. The second-order valence-corrected chi connectivity index (χ2v) is 6.97. The molecule has 1 aliphatic rings. The van der Waals surface area contributed by atoms with Gasteiger partial charge in [0.25, 0.3) is 0 Å². The summed E-state index contributed by atoms with van der Waals surface area (Å²) in [5.74, 6) is -1.00. The van der Waals surface area contributed by atoms with Gasteiger partial charge in [-0.2, -0.15) is 0 Å². The minimum atomic E-state index is -0.608. The van der Waals surface area contributed by atoms with E-state index in [1.54, 1.807) is 0 Å². The van der Waals surface area contributed by atoms with Gasteiger partial charge in [0.2, 0.25) is 18.2 Å². The van der Waals surface area contributed by atoms with E-state index in [-0.39, 0.29) is 18.4 Å². The van der Waals surface area contributed by atoms with Crippen LogP contribution in [0.1, 0.15) is 64.2 Å². The molecule has 2 atom stereocenters. The molecule has 5 N–H and O–H groups in total. The van der Waals surface area contributed by atoms with Gasteiger partial charge in [-0.15, -0.1) is 0 Å². The lowest BCUT2D eigenvalue weighted by Gasteiger charge is -2.24. The van der Waals surface area contributed by atoms with Crippen LogP contribution < -0.4 is 16.4 Å². The smallest absolute Gasteiger partial charge is 0.242 e. The van der Waals surface area contributed by atoms with Crippen molar-refractivity contribution in [3.63, 3.8) is 0 Å². The highest BCUT2D eigenvalue weighted by molar-refractivity contribution is 5.88. The number of hydroxylamine groups is 2. The van der Waals surface area contributed by atoms with Gasteiger partial charge in [0.05, 0.1) is 12.5 Å². The summed E-state index contributed by atoms with van der Waals surface area (Å²) in [6, 6.07) is -0.608. The van der Waals surface area contributed by atoms with Crippen LogP contribution in [0.2, 0.25) is 0 Å². The highest BCUT2D eigenvalue weighted by atomic mass is 16.5. The molecule has 1 fully saturated rings. The number of unbranched alkanes of at least 4 members (excludes halogenated alkanes) is 1. The van der Waals surface area contributed by atoms with Crippen molar-refractivity contribution in [3.8, 4) is 0 Å². The Morgan fingerprint density at radius 2 is 1.77 bits per heavy atom. The zero-order valence-electron chi connectivity index (χ0n) is 15.6. The maximum Gasteiger partial charge on any atom is 0.242 e. The average Bonchev–Trinajstić information content (AvgIpc) is 2.63. The third-order valence-corrected chi connectivity index (χ3v) is 4.76. The van der Waals surface area contributed by atoms with Crippen molar-refractivity contribution in [2.24, 2.45) is 11.7 Å². The van der Waals surface area contributed by atoms with E-state index in [4.69, 9.17) is 5.73 Å². The number of carbonyl (C=O) groups is 3. The molecule has 8 heteroatoms. The topological polar surface area (TPSA) is 125 Å². The van der Waals surface area contributed by atoms with Gasteiger partial charge in [0.15, 0.2) is 0 Å². The third-order valence-electron chi connectivity index (χ3n) is 4.76. The summed E-state index contributed by atoms with van der Waals surface area (Å²) in [6.07, 6.45) is 9.01. The Morgan fingerprint density at radius 1 is 1.08 bits per heavy atom. The number of nitrogens with zero attached hydrogens (tertiary/aromatic N) is 1. The van der Waals surface area contributed by atoms with Crippen molar-refractivity contribution in [2.45, 2.75) is 70.3 Å². The predicted octanol–water partition coefficient (Wildman–Crippen LogP) is 0.925. The van der Waals surface area contributed by atoms with Crippen LogP contribution in [0.3, 0.4) is 0 Å². The molecule has 0 unspecified atom stereocenters. The molecule has 1 rings (SSSR count). The van der Waals surface area contributed by atoms with Gasteiger partial charge in [-0.1, -0.05) is 32.1 Å². The lowest BCUT2D eigenvalue weighted by atomic mass is 9.97. The third kappa shape index (κ3) is 9.15. The summed E-state index contributed by atoms with van der Waals surface area (Å²) in [7, 11) is 0. The number of amides is 3. The van der Waals surface area contributed by atoms with Crippen molar-refractivity contribution in [1.82, 2.24) is 15.7 Å². The number of rotatable bonds is 7. The molecule has 0 aromatic heterocycles. The van der Waals surface area contributed by atoms with E-state index in [0.29, 0.717) is 37.4 Å². The molecule has 150 valence electrons. The molecule has 26 heavy (non-hydrogen) atoms. The summed E-state index contributed by atoms with van der Waals surface area (Å²) >= 11 is 0. The molecule has 0 aliphatic carbocycles. The van der Waals surface area contributed by atoms with Gasteiger partial charge in [0.1, 0.15) is 6.04 Å². The van der Waals surface area contributed by atoms with Gasteiger partial charge < -0.3 is 16.4 Å². The summed E-state index contributed by atoms with van der Waals surface area (Å²) in [5.41, 5.74) is 5.52. The largest absolute Gasteiger partial charge is 0.354 e. The first-order valence-electron chi connectivity index (χ1n) is 9.77. The van der Waals surface area contributed by atoms with Crippen molar-refractivity contribution in [3.05, 3.63) is 0 Å². The fourth-order valence-electron chi connectivity index (χ4n) is 3.18. The van der Waals surface area contributed by atoms with Gasteiger partial charge in [-0.25, -0.2) is 5.06 Å². The first-order chi connectivity index (χ1) is 12.6. The number of carbonyl (C=O) groups excluding carboxylic acids is 3. The van der Waals surface area contributed by atoms with Crippen LogP contribution in [0, 0.1) is 5.92 Å². The van der Waals surface area contributed by atoms with Crippen molar-refractivity contribution in [1.29, 1.82) is 0 Å². The van der Waals surface area contributed by atoms with Gasteiger partial charge in [-0.3, -0.25) is 19.6 Å². The molecule has 0 aromatic carbocycles. The second-order valence-electron chi connectivity index (χ2n) is 6.97. The predicted molar refractivity (Wildman–Crippen MR) is 98.2 cm³/mol. The monoisotopic (exact) mass is 370 g/mol. The van der Waals surface area contributed by atoms with Crippen LogP contribution in [-0.2, 0) is 14.4 Å². The van der Waals surface area contributed by atoms with Gasteiger partial charge in [0, 0.05) is 6.54 Å². The van der Waals surface area contributed by atoms with Crippen molar-refractivity contribution < 1.29 is 19.6 Å². The van der Waals surface area contributed by atoms with Gasteiger partial charge in [-0.05, 0) is 38.6 Å². The highest BCUT2D eigenvalue weighted by Gasteiger charge is 2.26. The number of nitrogens with two attached hydrogens (primary N) is 1. The summed E-state index contributed by atoms with van der Waals surface area (Å²) in [5, 5.41) is 15.7. The molecule has 0 aromatic rings. The Kier molecular flexibility index (Phi) is 11.6. The van der Waals surface area contributed by atoms with E-state index < -0.39 is 12.0 Å². The van der Waals surface area contributed by atoms with Crippen molar-refractivity contribution in [2.75, 3.05) is 19.6 Å². The standard InChI is InChI=1S/C18H34N4O4/c19-11-7-6-10-16-18(25)20-12-8-4-2-1-3-5-9-15(17(24)21-16)13-22(26)14-23/h14-16,26H,1-13,19H2,(H,20,25)(H,21,24)/t15-,16+/m1/s1. The van der Waals surface area contributed by atoms with E-state index in [1.807, 2.05) is 0 Å². The maximum absolute atomic E-state index is 12.7. The zero-order valence-corrected chi connectivity index (χ0v) is 15.6. The molecule has 1 heterocycles. The summed E-state index contributed by atoms with van der Waals surface area (Å²) < 4.78 is 0. The fourth-order valence-corrected chi connectivity index (χ4v) is 3.18. The van der Waals surface area contributed by atoms with Crippen LogP contribution in [-0.4, -0.2) is 54.2 Å². The Bertz CT molecular complexity index is 433. The van der Waals surface area contributed by atoms with Crippen molar-refractivity contribution >= 4 is 18.2 Å². The first-order valence-corrected chi connectivity index (χ1v) is 9.77. The number of hydrogen-bond donors (Lipinski definition) is 4. The SMILES string of the molecule is NCCCC[C@@H]1NC(=O)[C@@H](CN(O)C=O)CCCCCCCCNC1=O. The fraction of sp³-hybridized carbons (Fsp3) is 0.833. The number of hydrogen-bond acceptors (Lipinski definition) is 5. The van der Waals surface area contributed by atoms with Crippen LogP contribution in [0.15, 0.2) is 0 Å². The Morgan fingerprint density at radius 3 is 2.46 bits per heavy atom. The normalized spacial score (nSPS) is 23.5. The Balaban J connectivity index is 2.78. The molecule has 0 radical (unpaired) electrons. The van der Waals surface area contributed by atoms with E-state index in [9.17, 15) is 19.6 Å². The van der Waals surface area contributed by atoms with E-state index in [2.05, 4.69) is 10.6 Å².